The van der Waals surface area contributed by atoms with Crippen LogP contribution in [0, 0.1) is 6.92 Å². The van der Waals surface area contributed by atoms with Crippen LogP contribution in [0.25, 0.3) is 11.4 Å². The molecule has 0 spiro atoms. The minimum atomic E-state index is -3.59. The van der Waals surface area contributed by atoms with Gasteiger partial charge in [-0.3, -0.25) is 0 Å². The quantitative estimate of drug-likeness (QED) is 0.580. The van der Waals surface area contributed by atoms with E-state index in [1.54, 1.807) is 30.6 Å². The standard InChI is InChI=1S/C22H25N3O3S/c1-3-13-28-21-10-9-20(14-17(21)2)29(26,27)25-12-11-18-15-23-22(24-16-18)19-7-5-4-6-8-19/h4-10,14-16,25H,3,11-13H2,1-2H3. The second-order valence-electron chi connectivity index (χ2n) is 6.70. The summed E-state index contributed by atoms with van der Waals surface area (Å²) >= 11 is 0. The van der Waals surface area contributed by atoms with Crippen molar-refractivity contribution in [2.45, 2.75) is 31.6 Å². The highest BCUT2D eigenvalue weighted by atomic mass is 32.2. The molecule has 0 saturated carbocycles. The van der Waals surface area contributed by atoms with E-state index in [1.807, 2.05) is 44.2 Å². The van der Waals surface area contributed by atoms with Crippen LogP contribution in [0.3, 0.4) is 0 Å². The molecule has 0 fully saturated rings. The van der Waals surface area contributed by atoms with Crippen LogP contribution in [0.15, 0.2) is 65.8 Å². The minimum Gasteiger partial charge on any atom is -0.493 e. The first-order chi connectivity index (χ1) is 14.0. The zero-order chi connectivity index (χ0) is 20.7. The summed E-state index contributed by atoms with van der Waals surface area (Å²) in [5.74, 6) is 1.36. The number of aromatic nitrogens is 2. The smallest absolute Gasteiger partial charge is 0.240 e. The number of benzene rings is 2. The average molecular weight is 412 g/mol. The molecule has 29 heavy (non-hydrogen) atoms. The van der Waals surface area contributed by atoms with Crippen molar-refractivity contribution in [1.82, 2.24) is 14.7 Å². The van der Waals surface area contributed by atoms with E-state index in [4.69, 9.17) is 4.74 Å². The Bertz CT molecular complexity index is 1040. The molecule has 7 heteroatoms. The Morgan fingerprint density at radius 1 is 1.03 bits per heavy atom. The summed E-state index contributed by atoms with van der Waals surface area (Å²) < 4.78 is 33.4. The van der Waals surface area contributed by atoms with Crippen LogP contribution in [0.2, 0.25) is 0 Å². The van der Waals surface area contributed by atoms with Crippen LogP contribution in [-0.2, 0) is 16.4 Å². The molecule has 1 aromatic heterocycles. The van der Waals surface area contributed by atoms with Gasteiger partial charge in [-0.15, -0.1) is 0 Å². The van der Waals surface area contributed by atoms with E-state index in [0.29, 0.717) is 24.6 Å². The van der Waals surface area contributed by atoms with Gasteiger partial charge in [-0.1, -0.05) is 37.3 Å². The van der Waals surface area contributed by atoms with Gasteiger partial charge in [0.25, 0.3) is 0 Å². The molecule has 0 aliphatic rings. The zero-order valence-electron chi connectivity index (χ0n) is 16.6. The molecular weight excluding hydrogens is 386 g/mol. The van der Waals surface area contributed by atoms with Crippen LogP contribution in [-0.4, -0.2) is 31.5 Å². The van der Waals surface area contributed by atoms with Gasteiger partial charge in [0.2, 0.25) is 10.0 Å². The molecule has 0 saturated heterocycles. The van der Waals surface area contributed by atoms with Crippen molar-refractivity contribution >= 4 is 10.0 Å². The number of rotatable bonds is 9. The second-order valence-corrected chi connectivity index (χ2v) is 8.47. The van der Waals surface area contributed by atoms with Crippen LogP contribution in [0.4, 0.5) is 0 Å². The first kappa shape index (κ1) is 21.0. The highest BCUT2D eigenvalue weighted by Gasteiger charge is 2.15. The zero-order valence-corrected chi connectivity index (χ0v) is 17.4. The molecule has 0 amide bonds. The van der Waals surface area contributed by atoms with Crippen molar-refractivity contribution in [3.05, 3.63) is 72.1 Å². The number of nitrogens with zero attached hydrogens (tertiary/aromatic N) is 2. The third kappa shape index (κ3) is 5.62. The fourth-order valence-corrected chi connectivity index (χ4v) is 3.91. The molecule has 6 nitrogen and oxygen atoms in total. The van der Waals surface area contributed by atoms with Crippen molar-refractivity contribution in [1.29, 1.82) is 0 Å². The van der Waals surface area contributed by atoms with E-state index < -0.39 is 10.0 Å². The summed E-state index contributed by atoms with van der Waals surface area (Å²) in [5.41, 5.74) is 2.61. The first-order valence-electron chi connectivity index (χ1n) is 9.59. The SMILES string of the molecule is CCCOc1ccc(S(=O)(=O)NCCc2cnc(-c3ccccc3)nc2)cc1C. The lowest BCUT2D eigenvalue weighted by Crippen LogP contribution is -2.26. The van der Waals surface area contributed by atoms with Crippen LogP contribution < -0.4 is 9.46 Å². The monoisotopic (exact) mass is 411 g/mol. The Morgan fingerprint density at radius 2 is 1.76 bits per heavy atom. The number of aryl methyl sites for hydroxylation is 1. The predicted molar refractivity (Wildman–Crippen MR) is 113 cm³/mol. The van der Waals surface area contributed by atoms with Crippen molar-refractivity contribution in [3.8, 4) is 17.1 Å². The Hall–Kier alpha value is -2.77. The maximum Gasteiger partial charge on any atom is 0.240 e. The lowest BCUT2D eigenvalue weighted by molar-refractivity contribution is 0.315. The van der Waals surface area contributed by atoms with Gasteiger partial charge in [-0.2, -0.15) is 0 Å². The Labute approximate surface area is 172 Å². The summed E-state index contributed by atoms with van der Waals surface area (Å²) in [6, 6.07) is 14.6. The van der Waals surface area contributed by atoms with E-state index in [2.05, 4.69) is 14.7 Å². The van der Waals surface area contributed by atoms with Crippen LogP contribution in [0.5, 0.6) is 5.75 Å². The molecule has 0 unspecified atom stereocenters. The number of hydrogen-bond donors (Lipinski definition) is 1. The summed E-state index contributed by atoms with van der Waals surface area (Å²) in [6.07, 6.45) is 4.86. The maximum atomic E-state index is 12.6. The van der Waals surface area contributed by atoms with Crippen LogP contribution in [0.1, 0.15) is 24.5 Å². The number of ether oxygens (including phenoxy) is 1. The van der Waals surface area contributed by atoms with Crippen LogP contribution >= 0.6 is 0 Å². The van der Waals surface area contributed by atoms with Gasteiger partial charge < -0.3 is 4.74 Å². The van der Waals surface area contributed by atoms with Gasteiger partial charge in [0.1, 0.15) is 5.75 Å². The predicted octanol–water partition coefficient (Wildman–Crippen LogP) is 3.76. The lowest BCUT2D eigenvalue weighted by atomic mass is 10.2. The fraction of sp³-hybridized carbons (Fsp3) is 0.273. The van der Waals surface area contributed by atoms with Gasteiger partial charge in [-0.05, 0) is 49.1 Å². The summed E-state index contributed by atoms with van der Waals surface area (Å²) in [6.45, 7) is 4.74. The molecule has 3 rings (SSSR count). The highest BCUT2D eigenvalue weighted by molar-refractivity contribution is 7.89. The fourth-order valence-electron chi connectivity index (χ4n) is 2.80. The van der Waals surface area contributed by atoms with Crippen molar-refractivity contribution in [2.75, 3.05) is 13.2 Å². The summed E-state index contributed by atoms with van der Waals surface area (Å²) in [7, 11) is -3.59. The van der Waals surface area contributed by atoms with Gasteiger partial charge in [0.15, 0.2) is 5.82 Å². The molecule has 0 aliphatic carbocycles. The molecule has 0 bridgehead atoms. The van der Waals surface area contributed by atoms with Crippen molar-refractivity contribution in [2.24, 2.45) is 0 Å². The third-order valence-electron chi connectivity index (χ3n) is 4.36. The lowest BCUT2D eigenvalue weighted by Gasteiger charge is -2.11. The molecule has 3 aromatic rings. The van der Waals surface area contributed by atoms with Gasteiger partial charge in [0.05, 0.1) is 11.5 Å². The van der Waals surface area contributed by atoms with E-state index in [1.165, 1.54) is 0 Å². The molecule has 0 aliphatic heterocycles. The largest absolute Gasteiger partial charge is 0.493 e. The van der Waals surface area contributed by atoms with E-state index in [0.717, 1.165) is 23.1 Å². The van der Waals surface area contributed by atoms with Gasteiger partial charge in [-0.25, -0.2) is 23.1 Å². The topological polar surface area (TPSA) is 81.2 Å². The maximum absolute atomic E-state index is 12.6. The van der Waals surface area contributed by atoms with Crippen molar-refractivity contribution < 1.29 is 13.2 Å². The van der Waals surface area contributed by atoms with E-state index >= 15 is 0 Å². The Kier molecular flexibility index (Phi) is 6.95. The number of hydrogen-bond acceptors (Lipinski definition) is 5. The average Bonchev–Trinajstić information content (AvgIpc) is 2.74. The number of sulfonamides is 1. The van der Waals surface area contributed by atoms with E-state index in [-0.39, 0.29) is 11.4 Å². The highest BCUT2D eigenvalue weighted by Crippen LogP contribution is 2.22. The Morgan fingerprint density at radius 3 is 2.41 bits per heavy atom. The Balaban J connectivity index is 1.58. The van der Waals surface area contributed by atoms with Gasteiger partial charge in [0, 0.05) is 24.5 Å². The van der Waals surface area contributed by atoms with Gasteiger partial charge >= 0.3 is 0 Å². The van der Waals surface area contributed by atoms with Crippen molar-refractivity contribution in [3.63, 3.8) is 0 Å². The number of nitrogens with one attached hydrogen (secondary N) is 1. The molecule has 1 heterocycles. The molecule has 0 atom stereocenters. The summed E-state index contributed by atoms with van der Waals surface area (Å²) in [4.78, 5) is 8.96. The normalized spacial score (nSPS) is 11.4. The summed E-state index contributed by atoms with van der Waals surface area (Å²) in [5, 5.41) is 0. The third-order valence-corrected chi connectivity index (χ3v) is 5.82. The molecular formula is C22H25N3O3S. The minimum absolute atomic E-state index is 0.231. The second kappa shape index (κ2) is 9.62. The molecule has 0 radical (unpaired) electrons. The molecule has 1 N–H and O–H groups in total. The van der Waals surface area contributed by atoms with E-state index in [9.17, 15) is 8.42 Å². The first-order valence-corrected chi connectivity index (χ1v) is 11.1. The molecule has 152 valence electrons. The molecule has 2 aromatic carbocycles.